The predicted octanol–water partition coefficient (Wildman–Crippen LogP) is 0.620. The minimum atomic E-state index is 0.755. The summed E-state index contributed by atoms with van der Waals surface area (Å²) < 4.78 is 1.84. The smallest absolute Gasteiger partial charge is 0.162 e. The van der Waals surface area contributed by atoms with Crippen LogP contribution in [-0.4, -0.2) is 14.6 Å². The first kappa shape index (κ1) is 6.15. The Hall–Kier alpha value is -1.58. The van der Waals surface area contributed by atoms with E-state index in [4.69, 9.17) is 5.73 Å². The van der Waals surface area contributed by atoms with Gasteiger partial charge in [0.15, 0.2) is 5.65 Å². The lowest BCUT2D eigenvalue weighted by molar-refractivity contribution is 1.10. The quantitative estimate of drug-likeness (QED) is 0.595. The second-order valence-corrected chi connectivity index (χ2v) is 2.51. The average molecular weight is 148 g/mol. The third kappa shape index (κ3) is 0.832. The van der Waals surface area contributed by atoms with Gasteiger partial charge in [-0.2, -0.15) is 0 Å². The third-order valence-electron chi connectivity index (χ3n) is 1.67. The molecule has 11 heavy (non-hydrogen) atoms. The Labute approximate surface area is 63.7 Å². The first-order valence-corrected chi connectivity index (χ1v) is 3.33. The van der Waals surface area contributed by atoms with Crippen LogP contribution >= 0.6 is 0 Å². The first-order valence-electron chi connectivity index (χ1n) is 3.33. The Bertz CT molecular complexity index is 354. The SMILES string of the molecule is Cc1cn2cnnc2cc1N. The third-order valence-corrected chi connectivity index (χ3v) is 1.67. The van der Waals surface area contributed by atoms with Crippen molar-refractivity contribution in [3.8, 4) is 0 Å². The molecule has 2 aromatic rings. The summed E-state index contributed by atoms with van der Waals surface area (Å²) in [7, 11) is 0. The van der Waals surface area contributed by atoms with Crippen LogP contribution in [0.3, 0.4) is 0 Å². The van der Waals surface area contributed by atoms with E-state index in [0.717, 1.165) is 16.9 Å². The summed E-state index contributed by atoms with van der Waals surface area (Å²) in [4.78, 5) is 0. The van der Waals surface area contributed by atoms with Crippen molar-refractivity contribution < 1.29 is 0 Å². The second kappa shape index (κ2) is 1.95. The highest BCUT2D eigenvalue weighted by Crippen LogP contribution is 2.11. The molecular formula is C7H8N4. The van der Waals surface area contributed by atoms with Crippen LogP contribution in [0.25, 0.3) is 5.65 Å². The van der Waals surface area contributed by atoms with Gasteiger partial charge in [0, 0.05) is 18.0 Å². The van der Waals surface area contributed by atoms with Crippen LogP contribution in [0.5, 0.6) is 0 Å². The fourth-order valence-electron chi connectivity index (χ4n) is 0.990. The van der Waals surface area contributed by atoms with Crippen molar-refractivity contribution in [2.24, 2.45) is 0 Å². The van der Waals surface area contributed by atoms with E-state index in [0.29, 0.717) is 0 Å². The standard InChI is InChI=1S/C7H8N4/c1-5-3-11-4-9-10-7(11)2-6(5)8/h2-4H,8H2,1H3. The maximum absolute atomic E-state index is 5.66. The molecule has 2 aromatic heterocycles. The zero-order valence-electron chi connectivity index (χ0n) is 6.15. The Balaban J connectivity index is 2.86. The molecule has 0 aliphatic heterocycles. The highest BCUT2D eigenvalue weighted by molar-refractivity contribution is 5.55. The van der Waals surface area contributed by atoms with Crippen LogP contribution in [0, 0.1) is 6.92 Å². The van der Waals surface area contributed by atoms with Crippen molar-refractivity contribution in [1.29, 1.82) is 0 Å². The van der Waals surface area contributed by atoms with Crippen molar-refractivity contribution in [3.63, 3.8) is 0 Å². The number of anilines is 1. The summed E-state index contributed by atoms with van der Waals surface area (Å²) in [5.41, 5.74) is 8.24. The molecule has 0 aromatic carbocycles. The highest BCUT2D eigenvalue weighted by atomic mass is 15.2. The monoisotopic (exact) mass is 148 g/mol. The van der Waals surface area contributed by atoms with Gasteiger partial charge >= 0.3 is 0 Å². The predicted molar refractivity (Wildman–Crippen MR) is 42.1 cm³/mol. The lowest BCUT2D eigenvalue weighted by atomic mass is 10.3. The van der Waals surface area contributed by atoms with Crippen molar-refractivity contribution in [2.45, 2.75) is 6.92 Å². The zero-order chi connectivity index (χ0) is 7.84. The van der Waals surface area contributed by atoms with Gasteiger partial charge in [-0.3, -0.25) is 4.40 Å². The van der Waals surface area contributed by atoms with Gasteiger partial charge in [-0.1, -0.05) is 0 Å². The van der Waals surface area contributed by atoms with E-state index in [1.165, 1.54) is 0 Å². The Morgan fingerprint density at radius 3 is 3.18 bits per heavy atom. The van der Waals surface area contributed by atoms with Gasteiger partial charge in [0.2, 0.25) is 0 Å². The summed E-state index contributed by atoms with van der Waals surface area (Å²) in [5, 5.41) is 7.59. The molecule has 4 heteroatoms. The summed E-state index contributed by atoms with van der Waals surface area (Å²) in [6.45, 7) is 1.95. The molecule has 0 spiro atoms. The van der Waals surface area contributed by atoms with Crippen LogP contribution in [0.4, 0.5) is 5.69 Å². The topological polar surface area (TPSA) is 56.2 Å². The normalized spacial score (nSPS) is 10.6. The average Bonchev–Trinajstić information content (AvgIpc) is 2.36. The number of aromatic nitrogens is 3. The van der Waals surface area contributed by atoms with Crippen molar-refractivity contribution >= 4 is 11.3 Å². The molecule has 56 valence electrons. The number of nitrogens with zero attached hydrogens (tertiary/aromatic N) is 3. The Kier molecular flexibility index (Phi) is 1.09. The molecule has 0 fully saturated rings. The molecule has 0 amide bonds. The Morgan fingerprint density at radius 2 is 2.36 bits per heavy atom. The van der Waals surface area contributed by atoms with E-state index in [1.807, 2.05) is 23.6 Å². The molecule has 2 N–H and O–H groups in total. The summed E-state index contributed by atoms with van der Waals surface area (Å²) in [5.74, 6) is 0. The van der Waals surface area contributed by atoms with E-state index in [1.54, 1.807) is 6.33 Å². The number of aryl methyl sites for hydroxylation is 1. The minimum Gasteiger partial charge on any atom is -0.398 e. The maximum Gasteiger partial charge on any atom is 0.162 e. The zero-order valence-corrected chi connectivity index (χ0v) is 6.15. The van der Waals surface area contributed by atoms with E-state index in [9.17, 15) is 0 Å². The largest absolute Gasteiger partial charge is 0.398 e. The summed E-state index contributed by atoms with van der Waals surface area (Å²) >= 11 is 0. The molecule has 0 bridgehead atoms. The molecule has 0 saturated heterocycles. The minimum absolute atomic E-state index is 0.755. The van der Waals surface area contributed by atoms with Crippen molar-refractivity contribution in [2.75, 3.05) is 5.73 Å². The number of pyridine rings is 1. The van der Waals surface area contributed by atoms with Crippen LogP contribution in [-0.2, 0) is 0 Å². The van der Waals surface area contributed by atoms with Crippen molar-refractivity contribution in [3.05, 3.63) is 24.2 Å². The Morgan fingerprint density at radius 1 is 1.55 bits per heavy atom. The van der Waals surface area contributed by atoms with Gasteiger partial charge in [0.05, 0.1) is 0 Å². The van der Waals surface area contributed by atoms with Crippen LogP contribution in [0.15, 0.2) is 18.6 Å². The lowest BCUT2D eigenvalue weighted by Crippen LogP contribution is -1.92. The van der Waals surface area contributed by atoms with E-state index in [2.05, 4.69) is 10.2 Å². The van der Waals surface area contributed by atoms with Gasteiger partial charge in [0.25, 0.3) is 0 Å². The van der Waals surface area contributed by atoms with Gasteiger partial charge in [-0.05, 0) is 12.5 Å². The number of rotatable bonds is 0. The molecular weight excluding hydrogens is 140 g/mol. The van der Waals surface area contributed by atoms with E-state index in [-0.39, 0.29) is 0 Å². The van der Waals surface area contributed by atoms with Gasteiger partial charge in [-0.15, -0.1) is 10.2 Å². The number of hydrogen-bond acceptors (Lipinski definition) is 3. The second-order valence-electron chi connectivity index (χ2n) is 2.51. The van der Waals surface area contributed by atoms with Crippen LogP contribution < -0.4 is 5.73 Å². The first-order chi connectivity index (χ1) is 5.27. The molecule has 2 heterocycles. The van der Waals surface area contributed by atoms with Gasteiger partial charge < -0.3 is 5.73 Å². The molecule has 0 saturated carbocycles. The molecule has 0 aliphatic carbocycles. The fraction of sp³-hybridized carbons (Fsp3) is 0.143. The lowest BCUT2D eigenvalue weighted by Gasteiger charge is -1.98. The number of nitrogen functional groups attached to an aromatic ring is 1. The highest BCUT2D eigenvalue weighted by Gasteiger charge is 1.97. The fourth-order valence-corrected chi connectivity index (χ4v) is 0.990. The summed E-state index contributed by atoms with van der Waals surface area (Å²) in [6, 6.07) is 1.81. The number of fused-ring (bicyclic) bond motifs is 1. The molecule has 4 nitrogen and oxygen atoms in total. The maximum atomic E-state index is 5.66. The van der Waals surface area contributed by atoms with Gasteiger partial charge in [0.1, 0.15) is 6.33 Å². The number of nitrogens with two attached hydrogens (primary N) is 1. The van der Waals surface area contributed by atoms with Crippen LogP contribution in [0.1, 0.15) is 5.56 Å². The molecule has 0 unspecified atom stereocenters. The summed E-state index contributed by atoms with van der Waals surface area (Å²) in [6.07, 6.45) is 3.56. The number of hydrogen-bond donors (Lipinski definition) is 1. The van der Waals surface area contributed by atoms with Crippen LogP contribution in [0.2, 0.25) is 0 Å². The molecule has 0 atom stereocenters. The van der Waals surface area contributed by atoms with E-state index < -0.39 is 0 Å². The molecule has 2 rings (SSSR count). The van der Waals surface area contributed by atoms with Gasteiger partial charge in [-0.25, -0.2) is 0 Å². The van der Waals surface area contributed by atoms with E-state index >= 15 is 0 Å². The van der Waals surface area contributed by atoms with Crippen molar-refractivity contribution in [1.82, 2.24) is 14.6 Å². The molecule has 0 aliphatic rings. The molecule has 0 radical (unpaired) electrons.